The number of halogens is 1. The zero-order valence-corrected chi connectivity index (χ0v) is 9.35. The molecule has 0 saturated carbocycles. The monoisotopic (exact) mass is 208 g/mol. The molecule has 1 aromatic carbocycles. The highest BCUT2D eigenvalue weighted by molar-refractivity contribution is 6.34. The summed E-state index contributed by atoms with van der Waals surface area (Å²) >= 11 is 6.03. The van der Waals surface area contributed by atoms with Crippen LogP contribution in [-0.4, -0.2) is 0 Å². The van der Waals surface area contributed by atoms with Gasteiger partial charge in [0.15, 0.2) is 5.58 Å². The molecular formula is C12H13ClO. The molecule has 1 aromatic heterocycles. The molecule has 14 heavy (non-hydrogen) atoms. The smallest absolute Gasteiger partial charge is 0.152 e. The van der Waals surface area contributed by atoms with E-state index in [1.807, 2.05) is 18.2 Å². The van der Waals surface area contributed by atoms with Crippen LogP contribution < -0.4 is 0 Å². The van der Waals surface area contributed by atoms with Gasteiger partial charge >= 0.3 is 0 Å². The third kappa shape index (κ3) is 1.53. The molecule has 74 valence electrons. The maximum Gasteiger partial charge on any atom is 0.152 e. The Kier molecular flexibility index (Phi) is 2.07. The van der Waals surface area contributed by atoms with Crippen molar-refractivity contribution >= 4 is 22.6 Å². The van der Waals surface area contributed by atoms with Gasteiger partial charge in [0, 0.05) is 10.8 Å². The Morgan fingerprint density at radius 2 is 1.93 bits per heavy atom. The Balaban J connectivity index is 2.69. The van der Waals surface area contributed by atoms with Crippen LogP contribution >= 0.6 is 11.6 Å². The lowest BCUT2D eigenvalue weighted by atomic mass is 9.93. The summed E-state index contributed by atoms with van der Waals surface area (Å²) in [6, 6.07) is 7.85. The summed E-state index contributed by atoms with van der Waals surface area (Å²) in [5.74, 6) is 0.973. The van der Waals surface area contributed by atoms with E-state index in [1.54, 1.807) is 0 Å². The summed E-state index contributed by atoms with van der Waals surface area (Å²) < 4.78 is 5.73. The van der Waals surface area contributed by atoms with Crippen LogP contribution in [0.5, 0.6) is 0 Å². The second-order valence-electron chi connectivity index (χ2n) is 4.52. The molecule has 0 N–H and O–H groups in total. The largest absolute Gasteiger partial charge is 0.459 e. The highest BCUT2D eigenvalue weighted by Crippen LogP contribution is 2.32. The van der Waals surface area contributed by atoms with Gasteiger partial charge in [-0.25, -0.2) is 0 Å². The summed E-state index contributed by atoms with van der Waals surface area (Å²) in [7, 11) is 0. The van der Waals surface area contributed by atoms with Gasteiger partial charge in [0.05, 0.1) is 5.02 Å². The van der Waals surface area contributed by atoms with Crippen molar-refractivity contribution in [2.45, 2.75) is 26.2 Å². The van der Waals surface area contributed by atoms with E-state index in [4.69, 9.17) is 16.0 Å². The first-order chi connectivity index (χ1) is 6.48. The lowest BCUT2D eigenvalue weighted by Crippen LogP contribution is -2.08. The highest BCUT2D eigenvalue weighted by atomic mass is 35.5. The maximum absolute atomic E-state index is 6.03. The standard InChI is InChI=1S/C12H13ClO/c1-12(2,3)10-7-8-5-4-6-9(13)11(8)14-10/h4-7H,1-3H3. The fourth-order valence-corrected chi connectivity index (χ4v) is 1.62. The van der Waals surface area contributed by atoms with E-state index < -0.39 is 0 Å². The van der Waals surface area contributed by atoms with Crippen molar-refractivity contribution in [1.29, 1.82) is 0 Å². The first-order valence-corrected chi connectivity index (χ1v) is 5.05. The molecule has 2 aromatic rings. The van der Waals surface area contributed by atoms with Crippen LogP contribution in [-0.2, 0) is 5.41 Å². The van der Waals surface area contributed by atoms with Crippen LogP contribution in [0, 0.1) is 0 Å². The van der Waals surface area contributed by atoms with E-state index in [2.05, 4.69) is 26.8 Å². The van der Waals surface area contributed by atoms with Gasteiger partial charge in [-0.3, -0.25) is 0 Å². The minimum atomic E-state index is 0.0301. The Hall–Kier alpha value is -0.950. The minimum Gasteiger partial charge on any atom is -0.459 e. The van der Waals surface area contributed by atoms with Gasteiger partial charge in [-0.2, -0.15) is 0 Å². The van der Waals surface area contributed by atoms with Crippen LogP contribution in [0.3, 0.4) is 0 Å². The first-order valence-electron chi connectivity index (χ1n) is 4.67. The lowest BCUT2D eigenvalue weighted by molar-refractivity contribution is 0.430. The highest BCUT2D eigenvalue weighted by Gasteiger charge is 2.19. The lowest BCUT2D eigenvalue weighted by Gasteiger charge is -2.13. The Bertz CT molecular complexity index is 463. The summed E-state index contributed by atoms with van der Waals surface area (Å²) in [5.41, 5.74) is 0.821. The SMILES string of the molecule is CC(C)(C)c1cc2cccc(Cl)c2o1. The Morgan fingerprint density at radius 3 is 2.50 bits per heavy atom. The molecule has 0 unspecified atom stereocenters. The molecule has 0 aliphatic carbocycles. The van der Waals surface area contributed by atoms with Crippen molar-refractivity contribution in [3.63, 3.8) is 0 Å². The molecule has 0 amide bonds. The zero-order chi connectivity index (χ0) is 10.3. The summed E-state index contributed by atoms with van der Waals surface area (Å²) in [6.07, 6.45) is 0. The summed E-state index contributed by atoms with van der Waals surface area (Å²) in [5, 5.41) is 1.75. The normalized spacial score (nSPS) is 12.3. The van der Waals surface area contributed by atoms with Crippen molar-refractivity contribution in [1.82, 2.24) is 0 Å². The topological polar surface area (TPSA) is 13.1 Å². The van der Waals surface area contributed by atoms with Gasteiger partial charge in [-0.05, 0) is 12.1 Å². The van der Waals surface area contributed by atoms with Gasteiger partial charge in [0.2, 0.25) is 0 Å². The fourth-order valence-electron chi connectivity index (χ4n) is 1.40. The van der Waals surface area contributed by atoms with Crippen molar-refractivity contribution in [3.8, 4) is 0 Å². The van der Waals surface area contributed by atoms with E-state index in [9.17, 15) is 0 Å². The number of rotatable bonds is 0. The van der Waals surface area contributed by atoms with Crippen molar-refractivity contribution in [2.24, 2.45) is 0 Å². The van der Waals surface area contributed by atoms with Crippen LogP contribution in [0.4, 0.5) is 0 Å². The molecule has 0 saturated heterocycles. The number of para-hydroxylation sites is 1. The Labute approximate surface area is 88.7 Å². The van der Waals surface area contributed by atoms with Gasteiger partial charge < -0.3 is 4.42 Å². The third-order valence-corrected chi connectivity index (χ3v) is 2.53. The van der Waals surface area contributed by atoms with E-state index in [-0.39, 0.29) is 5.41 Å². The summed E-state index contributed by atoms with van der Waals surface area (Å²) in [6.45, 7) is 6.37. The van der Waals surface area contributed by atoms with Gasteiger partial charge in [-0.1, -0.05) is 44.5 Å². The second kappa shape index (κ2) is 3.03. The van der Waals surface area contributed by atoms with Crippen LogP contribution in [0.25, 0.3) is 11.0 Å². The van der Waals surface area contributed by atoms with Crippen molar-refractivity contribution < 1.29 is 4.42 Å². The number of hydrogen-bond donors (Lipinski definition) is 0. The number of furan rings is 1. The first kappa shape index (κ1) is 9.60. The van der Waals surface area contributed by atoms with Crippen molar-refractivity contribution in [3.05, 3.63) is 35.0 Å². The molecule has 0 atom stereocenters. The molecule has 2 heteroatoms. The second-order valence-corrected chi connectivity index (χ2v) is 4.93. The quantitative estimate of drug-likeness (QED) is 0.626. The fraction of sp³-hybridized carbons (Fsp3) is 0.333. The molecule has 1 heterocycles. The molecular weight excluding hydrogens is 196 g/mol. The van der Waals surface area contributed by atoms with E-state index in [0.717, 1.165) is 16.7 Å². The van der Waals surface area contributed by atoms with Crippen LogP contribution in [0.1, 0.15) is 26.5 Å². The predicted octanol–water partition coefficient (Wildman–Crippen LogP) is 4.38. The molecule has 1 nitrogen and oxygen atoms in total. The average Bonchev–Trinajstić information content (AvgIpc) is 2.48. The molecule has 2 rings (SSSR count). The van der Waals surface area contributed by atoms with Crippen LogP contribution in [0.2, 0.25) is 5.02 Å². The van der Waals surface area contributed by atoms with E-state index >= 15 is 0 Å². The molecule has 0 bridgehead atoms. The molecule has 0 aliphatic rings. The number of benzene rings is 1. The van der Waals surface area contributed by atoms with Gasteiger partial charge in [-0.15, -0.1) is 0 Å². The van der Waals surface area contributed by atoms with Crippen LogP contribution in [0.15, 0.2) is 28.7 Å². The van der Waals surface area contributed by atoms with E-state index in [0.29, 0.717) is 5.02 Å². The Morgan fingerprint density at radius 1 is 1.21 bits per heavy atom. The van der Waals surface area contributed by atoms with E-state index in [1.165, 1.54) is 0 Å². The molecule has 0 fully saturated rings. The minimum absolute atomic E-state index is 0.0301. The molecule has 0 radical (unpaired) electrons. The summed E-state index contributed by atoms with van der Waals surface area (Å²) in [4.78, 5) is 0. The average molecular weight is 209 g/mol. The third-order valence-electron chi connectivity index (χ3n) is 2.24. The zero-order valence-electron chi connectivity index (χ0n) is 8.60. The number of fused-ring (bicyclic) bond motifs is 1. The number of hydrogen-bond acceptors (Lipinski definition) is 1. The maximum atomic E-state index is 6.03. The van der Waals surface area contributed by atoms with Gasteiger partial charge in [0.25, 0.3) is 0 Å². The molecule has 0 aliphatic heterocycles. The van der Waals surface area contributed by atoms with Gasteiger partial charge in [0.1, 0.15) is 5.76 Å². The molecule has 0 spiro atoms. The van der Waals surface area contributed by atoms with Crippen molar-refractivity contribution in [2.75, 3.05) is 0 Å². The predicted molar refractivity (Wildman–Crippen MR) is 59.9 cm³/mol.